The highest BCUT2D eigenvalue weighted by Gasteiger charge is 2.50. The summed E-state index contributed by atoms with van der Waals surface area (Å²) in [6.45, 7) is 4.79. The van der Waals surface area contributed by atoms with Gasteiger partial charge in [-0.15, -0.1) is 0 Å². The monoisotopic (exact) mass is 397 g/mol. The lowest BCUT2D eigenvalue weighted by molar-refractivity contribution is -0.145. The van der Waals surface area contributed by atoms with E-state index >= 15 is 0 Å². The minimum atomic E-state index is -1.40. The minimum Gasteiger partial charge on any atom is -0.480 e. The number of amides is 2. The van der Waals surface area contributed by atoms with E-state index in [-0.39, 0.29) is 31.2 Å². The summed E-state index contributed by atoms with van der Waals surface area (Å²) in [5.41, 5.74) is -1.37. The predicted molar refractivity (Wildman–Crippen MR) is 87.9 cm³/mol. The van der Waals surface area contributed by atoms with Crippen molar-refractivity contribution >= 4 is 64.2 Å². The van der Waals surface area contributed by atoms with Gasteiger partial charge in [0, 0.05) is 0 Å². The van der Waals surface area contributed by atoms with Crippen LogP contribution in [0, 0.1) is 5.41 Å². The maximum atomic E-state index is 12.6. The molecule has 0 aliphatic carbocycles. The SMILES string of the molecule is CC(C)(C)[C@H](C(=O)O)N1C(=O)c2c(Cl)c(Cl)c(Cl)c(Cl)c2C1=O. The number of imide groups is 1. The van der Waals surface area contributed by atoms with E-state index in [0.29, 0.717) is 4.90 Å². The summed E-state index contributed by atoms with van der Waals surface area (Å²) in [5.74, 6) is -3.05. The lowest BCUT2D eigenvalue weighted by Gasteiger charge is -2.33. The number of aliphatic carboxylic acids is 1. The van der Waals surface area contributed by atoms with E-state index in [2.05, 4.69) is 0 Å². The summed E-state index contributed by atoms with van der Waals surface area (Å²) in [6, 6.07) is -1.40. The van der Waals surface area contributed by atoms with Crippen molar-refractivity contribution in [1.29, 1.82) is 0 Å². The zero-order valence-corrected chi connectivity index (χ0v) is 15.2. The average Bonchev–Trinajstić information content (AvgIpc) is 2.66. The van der Waals surface area contributed by atoms with Crippen LogP contribution >= 0.6 is 46.4 Å². The van der Waals surface area contributed by atoms with Crippen molar-refractivity contribution in [2.75, 3.05) is 0 Å². The Kier molecular flexibility index (Phi) is 4.63. The molecule has 124 valence electrons. The Labute approximate surface area is 152 Å². The first-order valence-corrected chi connectivity index (χ1v) is 7.89. The number of nitrogens with zero attached hydrogens (tertiary/aromatic N) is 1. The van der Waals surface area contributed by atoms with Crippen molar-refractivity contribution in [3.8, 4) is 0 Å². The van der Waals surface area contributed by atoms with Gasteiger partial charge in [-0.3, -0.25) is 14.5 Å². The highest BCUT2D eigenvalue weighted by Crippen LogP contribution is 2.46. The number of halogens is 4. The van der Waals surface area contributed by atoms with Gasteiger partial charge in [0.05, 0.1) is 31.2 Å². The van der Waals surface area contributed by atoms with E-state index in [1.165, 1.54) is 0 Å². The van der Waals surface area contributed by atoms with Gasteiger partial charge in [0.15, 0.2) is 0 Å². The van der Waals surface area contributed by atoms with Crippen LogP contribution in [-0.2, 0) is 4.79 Å². The van der Waals surface area contributed by atoms with E-state index in [9.17, 15) is 19.5 Å². The smallest absolute Gasteiger partial charge is 0.327 e. The fourth-order valence-corrected chi connectivity index (χ4v) is 3.48. The van der Waals surface area contributed by atoms with Crippen LogP contribution in [0.2, 0.25) is 20.1 Å². The molecular weight excluding hydrogens is 388 g/mol. The third-order valence-corrected chi connectivity index (χ3v) is 5.25. The molecule has 0 unspecified atom stereocenters. The van der Waals surface area contributed by atoms with Crippen LogP contribution in [0.3, 0.4) is 0 Å². The van der Waals surface area contributed by atoms with Gasteiger partial charge >= 0.3 is 5.97 Å². The summed E-state index contributed by atoms with van der Waals surface area (Å²) >= 11 is 23.9. The molecule has 0 saturated heterocycles. The number of rotatable bonds is 2. The van der Waals surface area contributed by atoms with Crippen LogP contribution in [0.5, 0.6) is 0 Å². The molecule has 2 rings (SSSR count). The second-order valence-corrected chi connectivity index (χ2v) is 7.60. The van der Waals surface area contributed by atoms with E-state index in [0.717, 1.165) is 0 Å². The first kappa shape index (κ1) is 18.3. The first-order chi connectivity index (χ1) is 10.4. The van der Waals surface area contributed by atoms with Gasteiger partial charge in [-0.1, -0.05) is 67.2 Å². The Bertz CT molecular complexity index is 707. The molecule has 23 heavy (non-hydrogen) atoms. The normalized spacial score (nSPS) is 15.9. The van der Waals surface area contributed by atoms with E-state index in [4.69, 9.17) is 46.4 Å². The Balaban J connectivity index is 2.74. The molecule has 0 fully saturated rings. The summed E-state index contributed by atoms with van der Waals surface area (Å²) in [4.78, 5) is 37.5. The second kappa shape index (κ2) is 5.81. The molecule has 5 nitrogen and oxygen atoms in total. The van der Waals surface area contributed by atoms with Crippen molar-refractivity contribution in [3.63, 3.8) is 0 Å². The van der Waals surface area contributed by atoms with Crippen LogP contribution in [0.4, 0.5) is 0 Å². The topological polar surface area (TPSA) is 74.7 Å². The van der Waals surface area contributed by atoms with Gasteiger partial charge in [-0.25, -0.2) is 4.79 Å². The van der Waals surface area contributed by atoms with Crippen LogP contribution < -0.4 is 0 Å². The lowest BCUT2D eigenvalue weighted by Crippen LogP contribution is -2.52. The molecule has 0 aromatic heterocycles. The van der Waals surface area contributed by atoms with Gasteiger partial charge < -0.3 is 5.11 Å². The maximum Gasteiger partial charge on any atom is 0.327 e. The average molecular weight is 399 g/mol. The third-order valence-electron chi connectivity index (χ3n) is 3.44. The number of benzene rings is 1. The van der Waals surface area contributed by atoms with E-state index in [1.54, 1.807) is 20.8 Å². The number of carbonyl (C=O) groups is 3. The number of carboxylic acid groups (broad SMARTS) is 1. The highest BCUT2D eigenvalue weighted by molar-refractivity contribution is 6.55. The highest BCUT2D eigenvalue weighted by atomic mass is 35.5. The molecule has 0 bridgehead atoms. The van der Waals surface area contributed by atoms with Gasteiger partial charge in [0.25, 0.3) is 11.8 Å². The van der Waals surface area contributed by atoms with Gasteiger partial charge in [0.2, 0.25) is 0 Å². The second-order valence-electron chi connectivity index (χ2n) is 6.09. The van der Waals surface area contributed by atoms with Gasteiger partial charge in [-0.2, -0.15) is 0 Å². The molecule has 1 atom stereocenters. The number of fused-ring (bicyclic) bond motifs is 1. The summed E-state index contributed by atoms with van der Waals surface area (Å²) in [6.07, 6.45) is 0. The zero-order chi connectivity index (χ0) is 17.9. The molecular formula is C14H11Cl4NO4. The van der Waals surface area contributed by atoms with Crippen molar-refractivity contribution in [1.82, 2.24) is 4.90 Å². The number of hydrogen-bond acceptors (Lipinski definition) is 3. The van der Waals surface area contributed by atoms with Crippen molar-refractivity contribution in [3.05, 3.63) is 31.2 Å². The van der Waals surface area contributed by atoms with E-state index < -0.39 is 29.2 Å². The Morgan fingerprint density at radius 1 is 0.913 bits per heavy atom. The van der Waals surface area contributed by atoms with Crippen LogP contribution in [0.15, 0.2) is 0 Å². The molecule has 2 amide bonds. The molecule has 0 radical (unpaired) electrons. The molecule has 0 saturated carbocycles. The largest absolute Gasteiger partial charge is 0.480 e. The molecule has 1 N–H and O–H groups in total. The standard InChI is InChI=1S/C14H11Cl4NO4/c1-14(2,3)10(13(22)23)19-11(20)4-5(12(19)21)7(16)9(18)8(17)6(4)15/h10H,1-3H3,(H,22,23)/t10-/m0/s1. The summed E-state index contributed by atoms with van der Waals surface area (Å²) in [5, 5.41) is 8.69. The van der Waals surface area contributed by atoms with Crippen molar-refractivity contribution in [2.24, 2.45) is 5.41 Å². The fraction of sp³-hybridized carbons (Fsp3) is 0.357. The summed E-state index contributed by atoms with van der Waals surface area (Å²) < 4.78 is 0. The van der Waals surface area contributed by atoms with Crippen molar-refractivity contribution < 1.29 is 19.5 Å². The van der Waals surface area contributed by atoms with Crippen LogP contribution in [-0.4, -0.2) is 33.8 Å². The molecule has 1 heterocycles. The Morgan fingerprint density at radius 2 is 1.26 bits per heavy atom. The number of carbonyl (C=O) groups excluding carboxylic acids is 2. The molecule has 9 heteroatoms. The molecule has 1 aromatic rings. The Morgan fingerprint density at radius 3 is 1.52 bits per heavy atom. The third kappa shape index (κ3) is 2.70. The molecule has 1 aromatic carbocycles. The van der Waals surface area contributed by atoms with Crippen molar-refractivity contribution in [2.45, 2.75) is 26.8 Å². The van der Waals surface area contributed by atoms with Gasteiger partial charge in [-0.05, 0) is 5.41 Å². The number of hydrogen-bond donors (Lipinski definition) is 1. The predicted octanol–water partition coefficient (Wildman–Crippen LogP) is 4.40. The molecule has 1 aliphatic heterocycles. The van der Waals surface area contributed by atoms with E-state index in [1.807, 2.05) is 0 Å². The van der Waals surface area contributed by atoms with Crippen LogP contribution in [0.1, 0.15) is 41.5 Å². The fourth-order valence-electron chi connectivity index (χ4n) is 2.47. The zero-order valence-electron chi connectivity index (χ0n) is 12.2. The minimum absolute atomic E-state index is 0.164. The Hall–Kier alpha value is -1.01. The number of carboxylic acids is 1. The first-order valence-electron chi connectivity index (χ1n) is 6.37. The molecule has 1 aliphatic rings. The summed E-state index contributed by atoms with van der Waals surface area (Å²) in [7, 11) is 0. The maximum absolute atomic E-state index is 12.6. The van der Waals surface area contributed by atoms with Crippen LogP contribution in [0.25, 0.3) is 0 Å². The molecule has 0 spiro atoms. The van der Waals surface area contributed by atoms with Gasteiger partial charge in [0.1, 0.15) is 6.04 Å². The quantitative estimate of drug-likeness (QED) is 0.455. The lowest BCUT2D eigenvalue weighted by atomic mass is 9.85.